The molecule has 1 fully saturated rings. The zero-order chi connectivity index (χ0) is 24.6. The van der Waals surface area contributed by atoms with Crippen molar-refractivity contribution in [2.45, 2.75) is 18.8 Å². The zero-order valence-electron chi connectivity index (χ0n) is 19.2. The van der Waals surface area contributed by atoms with Crippen molar-refractivity contribution in [2.24, 2.45) is 0 Å². The second-order valence-electron chi connectivity index (χ2n) is 8.42. The first-order chi connectivity index (χ1) is 16.3. The second-order valence-corrected chi connectivity index (χ2v) is 8.42. The van der Waals surface area contributed by atoms with Crippen LogP contribution in [-0.4, -0.2) is 62.3 Å². The van der Waals surface area contributed by atoms with Gasteiger partial charge in [0, 0.05) is 24.7 Å². The number of carbonyl (C=O) groups is 3. The Morgan fingerprint density at radius 2 is 1.74 bits per heavy atom. The average Bonchev–Trinajstić information content (AvgIpc) is 3.07. The smallest absolute Gasteiger partial charge is 0.328 e. The maximum atomic E-state index is 13.5. The Labute approximate surface area is 199 Å². The highest BCUT2D eigenvalue weighted by atomic mass is 16.5. The fourth-order valence-corrected chi connectivity index (χ4v) is 4.44. The lowest BCUT2D eigenvalue weighted by molar-refractivity contribution is -0.908. The molecule has 8 heteroatoms. The predicted octanol–water partition coefficient (Wildman–Crippen LogP) is 0.0215. The van der Waals surface area contributed by atoms with E-state index in [0.29, 0.717) is 12.2 Å². The molecule has 1 saturated heterocycles. The molecule has 2 aromatic rings. The number of aliphatic carboxylic acids is 2. The fourth-order valence-electron chi connectivity index (χ4n) is 4.44. The number of amides is 1. The number of nitrogens with one attached hydrogen (secondary N) is 1. The number of anilines is 1. The van der Waals surface area contributed by atoms with Gasteiger partial charge in [-0.15, -0.1) is 0 Å². The van der Waals surface area contributed by atoms with E-state index in [1.807, 2.05) is 35.2 Å². The van der Waals surface area contributed by atoms with Crippen molar-refractivity contribution in [3.05, 3.63) is 77.9 Å². The van der Waals surface area contributed by atoms with Crippen molar-refractivity contribution in [1.82, 2.24) is 0 Å². The Hall–Kier alpha value is -3.49. The monoisotopic (exact) mass is 466 g/mol. The molecule has 2 aliphatic heterocycles. The normalized spacial score (nSPS) is 20.0. The minimum atomic E-state index is -1.51. The maximum absolute atomic E-state index is 13.5. The van der Waals surface area contributed by atoms with Crippen LogP contribution in [-0.2, 0) is 24.5 Å². The zero-order valence-corrected chi connectivity index (χ0v) is 19.2. The molecule has 0 bridgehead atoms. The highest BCUT2D eigenvalue weighted by Crippen LogP contribution is 2.45. The predicted molar refractivity (Wildman–Crippen MR) is 124 cm³/mol. The molecule has 1 atom stereocenters. The van der Waals surface area contributed by atoms with Gasteiger partial charge in [-0.25, -0.2) is 4.79 Å². The highest BCUT2D eigenvalue weighted by Gasteiger charge is 2.48. The van der Waals surface area contributed by atoms with Crippen molar-refractivity contribution < 1.29 is 34.2 Å². The molecule has 1 amide bonds. The number of carbonyl (C=O) groups excluding carboxylic acids is 2. The molecule has 2 N–H and O–H groups in total. The molecule has 2 aromatic carbocycles. The molecular weight excluding hydrogens is 436 g/mol. The first-order valence-corrected chi connectivity index (χ1v) is 11.3. The van der Waals surface area contributed by atoms with Crippen molar-refractivity contribution in [1.29, 1.82) is 0 Å². The van der Waals surface area contributed by atoms with Crippen molar-refractivity contribution in [3.63, 3.8) is 0 Å². The van der Waals surface area contributed by atoms with Gasteiger partial charge in [-0.1, -0.05) is 48.5 Å². The molecule has 0 radical (unpaired) electrons. The third kappa shape index (κ3) is 5.89. The lowest BCUT2D eigenvalue weighted by Crippen LogP contribution is -3.14. The number of para-hydroxylation sites is 1. The summed E-state index contributed by atoms with van der Waals surface area (Å²) in [6.07, 6.45) is 1.96. The van der Waals surface area contributed by atoms with E-state index in [1.54, 1.807) is 4.90 Å². The summed E-state index contributed by atoms with van der Waals surface area (Å²) in [5.74, 6) is -2.61. The van der Waals surface area contributed by atoms with Gasteiger partial charge in [-0.2, -0.15) is 0 Å². The lowest BCUT2D eigenvalue weighted by atomic mass is 9.77. The topological polar surface area (TPSA) is 111 Å². The van der Waals surface area contributed by atoms with Gasteiger partial charge < -0.3 is 29.5 Å². The summed E-state index contributed by atoms with van der Waals surface area (Å²) >= 11 is 0. The standard InChI is InChI=1S/C22H26N2O2.C4H4O4/c1-22(18-8-3-2-4-9-18)19-10-5-6-11-20(19)24(21(22)25)13-7-12-23-14-16-26-17-15-23;5-3(6)1-2-4(7)8/h2-6,8-11H,7,12-17H2,1H3;1-2H,(H,5,6)(H,7,8)/b;2-1-. The fraction of sp³-hybridized carbons (Fsp3) is 0.346. The van der Waals surface area contributed by atoms with E-state index in [1.165, 1.54) is 0 Å². The van der Waals surface area contributed by atoms with E-state index in [0.717, 1.165) is 62.6 Å². The third-order valence-corrected chi connectivity index (χ3v) is 6.23. The third-order valence-electron chi connectivity index (χ3n) is 6.23. The molecule has 0 spiro atoms. The quantitative estimate of drug-likeness (QED) is 0.557. The number of rotatable bonds is 7. The molecule has 0 aromatic heterocycles. The number of carboxylic acid groups (broad SMARTS) is 2. The summed E-state index contributed by atoms with van der Waals surface area (Å²) in [5.41, 5.74) is 2.67. The molecule has 2 aliphatic rings. The van der Waals surface area contributed by atoms with E-state index in [2.05, 4.69) is 31.2 Å². The molecule has 0 aliphatic carbocycles. The van der Waals surface area contributed by atoms with E-state index in [9.17, 15) is 19.5 Å². The average molecular weight is 467 g/mol. The Bertz CT molecular complexity index is 1020. The minimum Gasteiger partial charge on any atom is -0.545 e. The van der Waals surface area contributed by atoms with E-state index in [-0.39, 0.29) is 5.91 Å². The van der Waals surface area contributed by atoms with Gasteiger partial charge in [0.1, 0.15) is 13.1 Å². The number of morpholine rings is 1. The number of nitrogens with zero attached hydrogens (tertiary/aromatic N) is 1. The summed E-state index contributed by atoms with van der Waals surface area (Å²) in [7, 11) is 0. The van der Waals surface area contributed by atoms with Crippen LogP contribution >= 0.6 is 0 Å². The van der Waals surface area contributed by atoms with Gasteiger partial charge in [0.05, 0.1) is 31.1 Å². The van der Waals surface area contributed by atoms with Crippen molar-refractivity contribution in [2.75, 3.05) is 44.3 Å². The Morgan fingerprint density at radius 3 is 2.35 bits per heavy atom. The summed E-state index contributed by atoms with van der Waals surface area (Å²) in [5, 5.41) is 17.2. The first kappa shape index (κ1) is 25.1. The molecule has 2 heterocycles. The van der Waals surface area contributed by atoms with E-state index in [4.69, 9.17) is 9.84 Å². The molecule has 0 saturated carbocycles. The van der Waals surface area contributed by atoms with Crippen LogP contribution < -0.4 is 14.9 Å². The van der Waals surface area contributed by atoms with Crippen LogP contribution in [0.25, 0.3) is 0 Å². The minimum absolute atomic E-state index is 0.196. The van der Waals surface area contributed by atoms with Crippen LogP contribution in [0.15, 0.2) is 66.7 Å². The van der Waals surface area contributed by atoms with Crippen LogP contribution in [0.4, 0.5) is 5.69 Å². The molecule has 8 nitrogen and oxygen atoms in total. The largest absolute Gasteiger partial charge is 0.545 e. The molecule has 180 valence electrons. The van der Waals surface area contributed by atoms with Crippen LogP contribution in [0, 0.1) is 0 Å². The summed E-state index contributed by atoms with van der Waals surface area (Å²) in [4.78, 5) is 36.0. The number of fused-ring (bicyclic) bond motifs is 1. The second kappa shape index (κ2) is 11.6. The molecule has 34 heavy (non-hydrogen) atoms. The van der Waals surface area contributed by atoms with Crippen LogP contribution in [0.5, 0.6) is 0 Å². The number of carboxylic acids is 2. The summed E-state index contributed by atoms with van der Waals surface area (Å²) in [6, 6.07) is 18.4. The van der Waals surface area contributed by atoms with Gasteiger partial charge in [0.25, 0.3) is 0 Å². The molecular formula is C26H30N2O6. The molecule has 1 unspecified atom stereocenters. The Balaban J connectivity index is 0.000000350. The number of ether oxygens (including phenoxy) is 1. The van der Waals surface area contributed by atoms with Gasteiger partial charge in [-0.3, -0.25) is 4.79 Å². The van der Waals surface area contributed by atoms with Crippen LogP contribution in [0.1, 0.15) is 24.5 Å². The van der Waals surface area contributed by atoms with Gasteiger partial charge >= 0.3 is 5.97 Å². The number of hydrogen-bond donors (Lipinski definition) is 2. The van der Waals surface area contributed by atoms with Gasteiger partial charge in [0.15, 0.2) is 0 Å². The number of hydrogen-bond acceptors (Lipinski definition) is 5. The van der Waals surface area contributed by atoms with Gasteiger partial charge in [0.2, 0.25) is 5.91 Å². The highest BCUT2D eigenvalue weighted by molar-refractivity contribution is 6.10. The summed E-state index contributed by atoms with van der Waals surface area (Å²) < 4.78 is 5.43. The number of quaternary nitrogens is 1. The first-order valence-electron chi connectivity index (χ1n) is 11.3. The lowest BCUT2D eigenvalue weighted by Gasteiger charge is -2.26. The van der Waals surface area contributed by atoms with E-state index >= 15 is 0 Å². The SMILES string of the molecule is CC1(c2ccccc2)C(=O)N(CCC[NH+]2CCOCC2)c2ccccc21.O=C([O-])/C=C\C(=O)O. The number of benzene rings is 2. The maximum Gasteiger partial charge on any atom is 0.328 e. The summed E-state index contributed by atoms with van der Waals surface area (Å²) in [6.45, 7) is 7.80. The Morgan fingerprint density at radius 1 is 1.09 bits per heavy atom. The van der Waals surface area contributed by atoms with Crippen molar-refractivity contribution in [3.8, 4) is 0 Å². The van der Waals surface area contributed by atoms with Crippen molar-refractivity contribution >= 4 is 23.5 Å². The van der Waals surface area contributed by atoms with Gasteiger partial charge in [-0.05, 0) is 30.2 Å². The van der Waals surface area contributed by atoms with Crippen LogP contribution in [0.2, 0.25) is 0 Å². The van der Waals surface area contributed by atoms with E-state index < -0.39 is 17.4 Å². The van der Waals surface area contributed by atoms with Crippen LogP contribution in [0.3, 0.4) is 0 Å². The Kier molecular flexibility index (Phi) is 8.56. The molecule has 4 rings (SSSR count).